The molecule has 0 spiro atoms. The predicted octanol–water partition coefficient (Wildman–Crippen LogP) is 6.81. The van der Waals surface area contributed by atoms with E-state index >= 15 is 0 Å². The number of likely N-dealkylation sites (N-methyl/N-ethyl adjacent to an activating group) is 1. The maximum absolute atomic E-state index is 13.5. The van der Waals surface area contributed by atoms with Gasteiger partial charge < -0.3 is 16.0 Å². The molecule has 2 atom stereocenters. The Kier molecular flexibility index (Phi) is 12.5. The van der Waals surface area contributed by atoms with Crippen molar-refractivity contribution >= 4 is 63.5 Å². The van der Waals surface area contributed by atoms with Gasteiger partial charge in [0.15, 0.2) is 6.29 Å². The summed E-state index contributed by atoms with van der Waals surface area (Å²) in [5.41, 5.74) is 0.915. The highest BCUT2D eigenvalue weighted by Gasteiger charge is 2.19. The van der Waals surface area contributed by atoms with Crippen molar-refractivity contribution in [2.24, 2.45) is 0 Å². The lowest BCUT2D eigenvalue weighted by molar-refractivity contribution is -0.118. The Morgan fingerprint density at radius 2 is 1.66 bits per heavy atom. The van der Waals surface area contributed by atoms with Gasteiger partial charge in [-0.25, -0.2) is 18.7 Å². The van der Waals surface area contributed by atoms with E-state index in [1.807, 2.05) is 44.2 Å². The normalized spacial score (nSPS) is 11.7. The lowest BCUT2D eigenvalue weighted by Crippen LogP contribution is -2.30. The minimum absolute atomic E-state index is 0.00957. The fraction of sp³-hybridized carbons (Fsp3) is 0.185. The third kappa shape index (κ3) is 8.72. The van der Waals surface area contributed by atoms with Gasteiger partial charge in [0.2, 0.25) is 11.5 Å². The van der Waals surface area contributed by atoms with Crippen LogP contribution in [0.1, 0.15) is 25.5 Å². The molecule has 0 aliphatic heterocycles. The molecule has 38 heavy (non-hydrogen) atoms. The van der Waals surface area contributed by atoms with Crippen LogP contribution in [0.15, 0.2) is 73.1 Å². The molecule has 1 aromatic heterocycles. The quantitative estimate of drug-likeness (QED) is 0.169. The number of nitrogens with zero attached hydrogens (tertiary/aromatic N) is 2. The molecular weight excluding hydrogens is 535 g/mol. The highest BCUT2D eigenvalue weighted by Crippen LogP contribution is 2.28. The summed E-state index contributed by atoms with van der Waals surface area (Å²) in [7, 11) is 1.74. The maximum Gasteiger partial charge on any atom is 0.246 e. The van der Waals surface area contributed by atoms with Crippen molar-refractivity contribution in [3.63, 3.8) is 0 Å². The number of rotatable bonds is 7. The maximum atomic E-state index is 13.5. The van der Waals surface area contributed by atoms with Crippen LogP contribution in [0, 0.1) is 5.82 Å². The molecular formula is C27H27Cl2F2N5O2. The third-order valence-corrected chi connectivity index (χ3v) is 5.26. The first-order chi connectivity index (χ1) is 18.3. The summed E-state index contributed by atoms with van der Waals surface area (Å²) in [5.74, 6) is -0.177. The van der Waals surface area contributed by atoms with Crippen molar-refractivity contribution in [3.8, 4) is 0 Å². The fourth-order valence-corrected chi connectivity index (χ4v) is 3.43. The first-order valence-corrected chi connectivity index (χ1v) is 12.4. The average molecular weight is 562 g/mol. The Balaban J connectivity index is 0.000000651. The van der Waals surface area contributed by atoms with Crippen LogP contribution < -0.4 is 16.0 Å². The van der Waals surface area contributed by atoms with Crippen molar-refractivity contribution in [1.29, 1.82) is 0 Å². The van der Waals surface area contributed by atoms with Gasteiger partial charge in [0.1, 0.15) is 24.0 Å². The summed E-state index contributed by atoms with van der Waals surface area (Å²) in [6.45, 7) is 4.00. The highest BCUT2D eigenvalue weighted by molar-refractivity contribution is 6.31. The number of carbonyl (C=O) groups is 2. The number of halogens is 4. The van der Waals surface area contributed by atoms with Gasteiger partial charge in [0.25, 0.3) is 0 Å². The van der Waals surface area contributed by atoms with E-state index in [0.29, 0.717) is 28.1 Å². The van der Waals surface area contributed by atoms with E-state index in [4.69, 9.17) is 16.4 Å². The van der Waals surface area contributed by atoms with Gasteiger partial charge in [0, 0.05) is 16.8 Å². The van der Waals surface area contributed by atoms with E-state index in [1.54, 1.807) is 31.3 Å². The molecule has 0 bridgehead atoms. The van der Waals surface area contributed by atoms with Crippen LogP contribution in [-0.2, 0) is 9.59 Å². The summed E-state index contributed by atoms with van der Waals surface area (Å²) in [6.07, 6.45) is 1.45. The van der Waals surface area contributed by atoms with Crippen molar-refractivity contribution in [3.05, 3.63) is 89.5 Å². The number of carbonyl (C=O) groups excluding carboxylic acids is 2. The largest absolute Gasteiger partial charge is 0.340 e. The van der Waals surface area contributed by atoms with Crippen LogP contribution in [0.25, 0.3) is 10.9 Å². The minimum atomic E-state index is -1.82. The number of hydrogen-bond donors (Lipinski definition) is 3. The second-order valence-corrected chi connectivity index (χ2v) is 8.12. The van der Waals surface area contributed by atoms with Gasteiger partial charge in [-0.15, -0.1) is 0 Å². The molecule has 1 unspecified atom stereocenters. The highest BCUT2D eigenvalue weighted by atomic mass is 35.5. The molecule has 4 aromatic rings. The van der Waals surface area contributed by atoms with Crippen molar-refractivity contribution < 1.29 is 18.4 Å². The number of fused-ring (bicyclic) bond motifs is 1. The zero-order valence-electron chi connectivity index (χ0n) is 20.9. The molecule has 7 nitrogen and oxygen atoms in total. The minimum Gasteiger partial charge on any atom is -0.340 e. The first-order valence-electron chi connectivity index (χ1n) is 11.6. The summed E-state index contributed by atoms with van der Waals surface area (Å²) in [5, 5.41) is 9.81. The number of hydrogen-bond acceptors (Lipinski definition) is 6. The summed E-state index contributed by atoms with van der Waals surface area (Å²) < 4.78 is 24.3. The molecule has 3 N–H and O–H groups in total. The standard InChI is InChI=1S/C23H19ClFN5O.C2H2ClFO.C2H6/c1-26-21(14-5-3-2-4-6-14)23(31)30-15-8-10-20-17(11-15)22(28-13-27-20)29-16-7-9-19(25)18(24)12-16;3-2(4)1-5;1-2/h2-13,21,26H,1H3,(H,30,31)(H,27,28,29);1-2H;1-2H3/t21-;;/m1../s1. The van der Waals surface area contributed by atoms with Gasteiger partial charge in [-0.2, -0.15) is 0 Å². The van der Waals surface area contributed by atoms with Gasteiger partial charge in [-0.05, 0) is 49.0 Å². The summed E-state index contributed by atoms with van der Waals surface area (Å²) in [4.78, 5) is 30.4. The van der Waals surface area contributed by atoms with Crippen LogP contribution in [-0.4, -0.2) is 34.8 Å². The van der Waals surface area contributed by atoms with E-state index in [9.17, 15) is 13.6 Å². The van der Waals surface area contributed by atoms with Gasteiger partial charge in [-0.1, -0.05) is 67.4 Å². The number of alkyl halides is 2. The Morgan fingerprint density at radius 3 is 2.26 bits per heavy atom. The van der Waals surface area contributed by atoms with E-state index in [-0.39, 0.29) is 17.2 Å². The number of amides is 1. The zero-order chi connectivity index (χ0) is 28.1. The molecule has 0 radical (unpaired) electrons. The molecule has 200 valence electrons. The van der Waals surface area contributed by atoms with Gasteiger partial charge in [0.05, 0.1) is 10.5 Å². The topological polar surface area (TPSA) is 96.0 Å². The van der Waals surface area contributed by atoms with E-state index in [2.05, 4.69) is 37.5 Å². The van der Waals surface area contributed by atoms with Crippen molar-refractivity contribution in [1.82, 2.24) is 15.3 Å². The molecule has 0 saturated carbocycles. The number of aldehydes is 1. The van der Waals surface area contributed by atoms with E-state index in [0.717, 1.165) is 5.56 Å². The number of anilines is 3. The third-order valence-electron chi connectivity index (χ3n) is 4.87. The van der Waals surface area contributed by atoms with Gasteiger partial charge >= 0.3 is 0 Å². The molecule has 0 aliphatic rings. The molecule has 0 aliphatic carbocycles. The number of benzene rings is 3. The Bertz CT molecular complexity index is 1340. The van der Waals surface area contributed by atoms with Crippen molar-refractivity contribution in [2.45, 2.75) is 25.5 Å². The monoisotopic (exact) mass is 561 g/mol. The first kappa shape index (κ1) is 30.6. The van der Waals surface area contributed by atoms with Crippen LogP contribution in [0.5, 0.6) is 0 Å². The number of nitrogens with one attached hydrogen (secondary N) is 3. The number of aromatic nitrogens is 2. The van der Waals surface area contributed by atoms with E-state index < -0.39 is 17.5 Å². The van der Waals surface area contributed by atoms with Crippen LogP contribution in [0.4, 0.5) is 26.0 Å². The summed E-state index contributed by atoms with van der Waals surface area (Å²) in [6, 6.07) is 18.7. The molecule has 1 heterocycles. The molecule has 11 heteroatoms. The Labute approximate surface area is 229 Å². The molecule has 4 rings (SSSR count). The second-order valence-electron chi connectivity index (χ2n) is 7.30. The fourth-order valence-electron chi connectivity index (χ4n) is 3.25. The zero-order valence-corrected chi connectivity index (χ0v) is 22.4. The Hall–Kier alpha value is -3.66. The van der Waals surface area contributed by atoms with Crippen LogP contribution in [0.2, 0.25) is 5.02 Å². The van der Waals surface area contributed by atoms with Crippen LogP contribution in [0.3, 0.4) is 0 Å². The lowest BCUT2D eigenvalue weighted by atomic mass is 10.1. The summed E-state index contributed by atoms with van der Waals surface area (Å²) >= 11 is 10.3. The predicted molar refractivity (Wildman–Crippen MR) is 149 cm³/mol. The molecule has 0 fully saturated rings. The van der Waals surface area contributed by atoms with Crippen molar-refractivity contribution in [2.75, 3.05) is 17.7 Å². The Morgan fingerprint density at radius 1 is 1.00 bits per heavy atom. The van der Waals surface area contributed by atoms with Gasteiger partial charge in [-0.3, -0.25) is 9.59 Å². The van der Waals surface area contributed by atoms with E-state index in [1.165, 1.54) is 18.5 Å². The average Bonchev–Trinajstić information content (AvgIpc) is 2.93. The second kappa shape index (κ2) is 15.6. The molecule has 3 aromatic carbocycles. The SMILES string of the molecule is CC.CN[C@@H](C(=O)Nc1ccc2ncnc(Nc3ccc(F)c(Cl)c3)c2c1)c1ccccc1.O=CC(F)Cl. The molecule has 0 saturated heterocycles. The van der Waals surface area contributed by atoms with Crippen LogP contribution >= 0.6 is 23.2 Å². The lowest BCUT2D eigenvalue weighted by Gasteiger charge is -2.17. The molecule has 1 amide bonds. The smallest absolute Gasteiger partial charge is 0.246 e.